The van der Waals surface area contributed by atoms with Gasteiger partial charge in [0.2, 0.25) is 0 Å². The van der Waals surface area contributed by atoms with E-state index in [0.717, 1.165) is 18.5 Å². The van der Waals surface area contributed by atoms with Gasteiger partial charge in [-0.2, -0.15) is 0 Å². The van der Waals surface area contributed by atoms with Crippen molar-refractivity contribution in [3.63, 3.8) is 0 Å². The third-order valence-electron chi connectivity index (χ3n) is 5.56. The van der Waals surface area contributed by atoms with Crippen molar-refractivity contribution in [1.82, 2.24) is 4.90 Å². The predicted octanol–water partition coefficient (Wildman–Crippen LogP) is 6.59. The van der Waals surface area contributed by atoms with Crippen LogP contribution in [0.25, 0.3) is 0 Å². The van der Waals surface area contributed by atoms with Crippen LogP contribution in [0.15, 0.2) is 48.5 Å². The fourth-order valence-electron chi connectivity index (χ4n) is 3.86. The molecule has 1 unspecified atom stereocenters. The van der Waals surface area contributed by atoms with Gasteiger partial charge in [0.1, 0.15) is 5.75 Å². The van der Waals surface area contributed by atoms with Gasteiger partial charge in [-0.15, -0.1) is 0 Å². The lowest BCUT2D eigenvalue weighted by molar-refractivity contribution is -0.143. The summed E-state index contributed by atoms with van der Waals surface area (Å²) in [7, 11) is 0. The van der Waals surface area contributed by atoms with E-state index in [1.54, 1.807) is 0 Å². The number of rotatable bonds is 8. The number of aryl methyl sites for hydroxylation is 1. The number of carbonyl (C=O) groups is 1. The Balaban J connectivity index is 2.46. The maximum Gasteiger partial charge on any atom is 0.316 e. The van der Waals surface area contributed by atoms with Crippen LogP contribution in [0.2, 0.25) is 0 Å². The SMILES string of the molecule is Cc1ccc(OC(=O)C(C)(C)C)c(C(CCN(C(C)C)C(C)C)c2ccccc2)c1. The lowest BCUT2D eigenvalue weighted by Crippen LogP contribution is -2.38. The molecule has 0 aliphatic rings. The molecular weight excluding hydrogens is 370 g/mol. The molecule has 0 saturated carbocycles. The molecule has 3 heteroatoms. The van der Waals surface area contributed by atoms with E-state index < -0.39 is 5.41 Å². The smallest absolute Gasteiger partial charge is 0.316 e. The van der Waals surface area contributed by atoms with Crippen molar-refractivity contribution in [3.05, 3.63) is 65.2 Å². The zero-order valence-corrected chi connectivity index (χ0v) is 20.0. The van der Waals surface area contributed by atoms with Gasteiger partial charge < -0.3 is 4.74 Å². The predicted molar refractivity (Wildman–Crippen MR) is 126 cm³/mol. The van der Waals surface area contributed by atoms with Crippen molar-refractivity contribution in [3.8, 4) is 5.75 Å². The zero-order valence-electron chi connectivity index (χ0n) is 20.0. The molecule has 0 heterocycles. The highest BCUT2D eigenvalue weighted by atomic mass is 16.5. The molecule has 1 atom stereocenters. The molecule has 2 rings (SSSR count). The first-order valence-corrected chi connectivity index (χ1v) is 11.1. The van der Waals surface area contributed by atoms with E-state index in [1.165, 1.54) is 11.1 Å². The van der Waals surface area contributed by atoms with Crippen LogP contribution in [-0.4, -0.2) is 29.5 Å². The summed E-state index contributed by atoms with van der Waals surface area (Å²) in [6, 6.07) is 17.7. The van der Waals surface area contributed by atoms with Gasteiger partial charge in [-0.3, -0.25) is 9.69 Å². The molecule has 2 aromatic carbocycles. The summed E-state index contributed by atoms with van der Waals surface area (Å²) in [4.78, 5) is 15.2. The molecule has 0 radical (unpaired) electrons. The molecule has 30 heavy (non-hydrogen) atoms. The Kier molecular flexibility index (Phi) is 8.25. The minimum atomic E-state index is -0.545. The fraction of sp³-hybridized carbons (Fsp3) is 0.519. The zero-order chi connectivity index (χ0) is 22.5. The summed E-state index contributed by atoms with van der Waals surface area (Å²) in [5, 5.41) is 0. The molecule has 0 aliphatic carbocycles. The second kappa shape index (κ2) is 10.3. The molecular formula is C27H39NO2. The van der Waals surface area contributed by atoms with Gasteiger partial charge in [0.25, 0.3) is 0 Å². The Bertz CT molecular complexity index is 811. The number of ether oxygens (including phenoxy) is 1. The highest BCUT2D eigenvalue weighted by Gasteiger charge is 2.27. The molecule has 2 aromatic rings. The van der Waals surface area contributed by atoms with Crippen molar-refractivity contribution < 1.29 is 9.53 Å². The van der Waals surface area contributed by atoms with Crippen molar-refractivity contribution >= 4 is 5.97 Å². The topological polar surface area (TPSA) is 29.5 Å². The molecule has 0 N–H and O–H groups in total. The van der Waals surface area contributed by atoms with Gasteiger partial charge >= 0.3 is 5.97 Å². The second-order valence-corrected chi connectivity index (χ2v) is 9.86. The number of nitrogens with zero attached hydrogens (tertiary/aromatic N) is 1. The number of carbonyl (C=O) groups excluding carboxylic acids is 1. The third-order valence-corrected chi connectivity index (χ3v) is 5.56. The maximum atomic E-state index is 12.6. The normalized spacial score (nSPS) is 13.2. The van der Waals surface area contributed by atoms with Gasteiger partial charge in [0.15, 0.2) is 0 Å². The van der Waals surface area contributed by atoms with E-state index in [9.17, 15) is 4.79 Å². The summed E-state index contributed by atoms with van der Waals surface area (Å²) in [6.07, 6.45) is 0.962. The Hall–Kier alpha value is -2.13. The van der Waals surface area contributed by atoms with Crippen LogP contribution in [0.5, 0.6) is 5.75 Å². The van der Waals surface area contributed by atoms with Crippen LogP contribution in [0, 0.1) is 12.3 Å². The molecule has 0 saturated heterocycles. The maximum absolute atomic E-state index is 12.6. The summed E-state index contributed by atoms with van der Waals surface area (Å²) < 4.78 is 5.92. The average Bonchev–Trinajstić information content (AvgIpc) is 2.66. The van der Waals surface area contributed by atoms with Gasteiger partial charge in [-0.05, 0) is 80.0 Å². The third kappa shape index (κ3) is 6.43. The van der Waals surface area contributed by atoms with E-state index in [0.29, 0.717) is 17.8 Å². The number of benzene rings is 2. The van der Waals surface area contributed by atoms with Crippen molar-refractivity contribution in [2.45, 2.75) is 79.8 Å². The minimum Gasteiger partial charge on any atom is -0.426 e. The minimum absolute atomic E-state index is 0.161. The van der Waals surface area contributed by atoms with Crippen LogP contribution in [0.3, 0.4) is 0 Å². The Labute approximate surface area is 183 Å². The first-order chi connectivity index (χ1) is 14.0. The number of esters is 1. The Morgan fingerprint density at radius 1 is 0.967 bits per heavy atom. The van der Waals surface area contributed by atoms with Gasteiger partial charge in [0.05, 0.1) is 5.41 Å². The van der Waals surface area contributed by atoms with Gasteiger partial charge in [-0.1, -0.05) is 48.0 Å². The molecule has 0 fully saturated rings. The Morgan fingerprint density at radius 2 is 1.57 bits per heavy atom. The molecule has 0 aliphatic heterocycles. The highest BCUT2D eigenvalue weighted by molar-refractivity contribution is 5.78. The lowest BCUT2D eigenvalue weighted by atomic mass is 9.86. The number of hydrogen-bond acceptors (Lipinski definition) is 3. The largest absolute Gasteiger partial charge is 0.426 e. The van der Waals surface area contributed by atoms with Gasteiger partial charge in [0, 0.05) is 23.6 Å². The lowest BCUT2D eigenvalue weighted by Gasteiger charge is -2.32. The van der Waals surface area contributed by atoms with E-state index >= 15 is 0 Å². The summed E-state index contributed by atoms with van der Waals surface area (Å²) in [5.74, 6) is 0.634. The van der Waals surface area contributed by atoms with Crippen LogP contribution in [-0.2, 0) is 4.79 Å². The summed E-state index contributed by atoms with van der Waals surface area (Å²) in [6.45, 7) is 17.7. The van der Waals surface area contributed by atoms with Crippen LogP contribution >= 0.6 is 0 Å². The number of hydrogen-bond donors (Lipinski definition) is 0. The van der Waals surface area contributed by atoms with Crippen LogP contribution in [0.1, 0.15) is 77.5 Å². The summed E-state index contributed by atoms with van der Waals surface area (Å²) >= 11 is 0. The van der Waals surface area contributed by atoms with Crippen LogP contribution < -0.4 is 4.74 Å². The van der Waals surface area contributed by atoms with E-state index in [1.807, 2.05) is 39.0 Å². The molecule has 0 bridgehead atoms. The van der Waals surface area contributed by atoms with Crippen molar-refractivity contribution in [2.24, 2.45) is 5.41 Å². The van der Waals surface area contributed by atoms with E-state index in [4.69, 9.17) is 4.74 Å². The Morgan fingerprint density at radius 3 is 2.10 bits per heavy atom. The van der Waals surface area contributed by atoms with Crippen LogP contribution in [0.4, 0.5) is 0 Å². The standard InChI is InChI=1S/C27H39NO2/c1-19(2)28(20(3)4)17-16-23(22-12-10-9-11-13-22)24-18-21(5)14-15-25(24)30-26(29)27(6,7)8/h9-15,18-20,23H,16-17H2,1-8H3. The highest BCUT2D eigenvalue weighted by Crippen LogP contribution is 2.36. The molecule has 164 valence electrons. The van der Waals surface area contributed by atoms with Gasteiger partial charge in [-0.25, -0.2) is 0 Å². The molecule has 0 aromatic heterocycles. The van der Waals surface area contributed by atoms with E-state index in [2.05, 4.69) is 69.9 Å². The average molecular weight is 410 g/mol. The summed E-state index contributed by atoms with van der Waals surface area (Å²) in [5.41, 5.74) is 2.97. The monoisotopic (exact) mass is 409 g/mol. The second-order valence-electron chi connectivity index (χ2n) is 9.86. The first kappa shape index (κ1) is 24.1. The van der Waals surface area contributed by atoms with Crippen molar-refractivity contribution in [1.29, 1.82) is 0 Å². The first-order valence-electron chi connectivity index (χ1n) is 11.1. The molecule has 0 spiro atoms. The van der Waals surface area contributed by atoms with E-state index in [-0.39, 0.29) is 11.9 Å². The fourth-order valence-corrected chi connectivity index (χ4v) is 3.86. The quantitative estimate of drug-likeness (QED) is 0.364. The molecule has 3 nitrogen and oxygen atoms in total. The van der Waals surface area contributed by atoms with Crippen molar-refractivity contribution in [2.75, 3.05) is 6.54 Å². The molecule has 0 amide bonds.